The van der Waals surface area contributed by atoms with Gasteiger partial charge in [-0.3, -0.25) is 4.79 Å². The number of rotatable bonds is 5. The summed E-state index contributed by atoms with van der Waals surface area (Å²) in [5.41, 5.74) is 2.20. The molecule has 6 heteroatoms. The number of benzene rings is 2. The molecule has 1 aliphatic heterocycles. The number of carbonyl (C=O) groups is 2. The van der Waals surface area contributed by atoms with Crippen molar-refractivity contribution in [1.29, 1.82) is 0 Å². The van der Waals surface area contributed by atoms with Gasteiger partial charge in [0.1, 0.15) is 11.3 Å². The maximum Gasteiger partial charge on any atom is 0.341 e. The van der Waals surface area contributed by atoms with E-state index < -0.39 is 11.4 Å². The molecule has 1 heterocycles. The minimum absolute atomic E-state index is 0.109. The molecule has 28 heavy (non-hydrogen) atoms. The van der Waals surface area contributed by atoms with Gasteiger partial charge < -0.3 is 19.5 Å². The lowest BCUT2D eigenvalue weighted by atomic mass is 9.73. The largest absolute Gasteiger partial charge is 0.496 e. The Balaban J connectivity index is 1.94. The Kier molecular flexibility index (Phi) is 5.99. The van der Waals surface area contributed by atoms with Gasteiger partial charge in [0.05, 0.1) is 19.6 Å². The molecule has 6 nitrogen and oxygen atoms in total. The van der Waals surface area contributed by atoms with Crippen LogP contribution < -0.4 is 10.1 Å². The van der Waals surface area contributed by atoms with Gasteiger partial charge in [-0.15, -0.1) is 0 Å². The number of carbonyl (C=O) groups excluding carboxylic acids is 2. The summed E-state index contributed by atoms with van der Waals surface area (Å²) in [6, 6.07) is 13.0. The summed E-state index contributed by atoms with van der Waals surface area (Å²) in [4.78, 5) is 25.4. The SMILES string of the molecule is COC(=O)c1cc(NC(=O)C2(c3cccc(C)c3)CCOCC2)ccc1OC. The maximum atomic E-state index is 13.4. The highest BCUT2D eigenvalue weighted by Crippen LogP contribution is 2.37. The summed E-state index contributed by atoms with van der Waals surface area (Å²) in [5.74, 6) is -0.237. The maximum absolute atomic E-state index is 13.4. The molecular weight excluding hydrogens is 358 g/mol. The van der Waals surface area contributed by atoms with Crippen LogP contribution in [0.3, 0.4) is 0 Å². The van der Waals surface area contributed by atoms with E-state index in [0.717, 1.165) is 11.1 Å². The molecule has 1 N–H and O–H groups in total. The van der Waals surface area contributed by atoms with Crippen LogP contribution in [0.4, 0.5) is 5.69 Å². The molecule has 3 rings (SSSR count). The fraction of sp³-hybridized carbons (Fsp3) is 0.364. The van der Waals surface area contributed by atoms with Crippen LogP contribution in [0.1, 0.15) is 34.3 Å². The Morgan fingerprint density at radius 1 is 1.07 bits per heavy atom. The van der Waals surface area contributed by atoms with Gasteiger partial charge in [-0.05, 0) is 43.5 Å². The molecule has 148 valence electrons. The summed E-state index contributed by atoms with van der Waals surface area (Å²) >= 11 is 0. The Hall–Kier alpha value is -2.86. The molecule has 0 atom stereocenters. The molecule has 1 amide bonds. The average molecular weight is 383 g/mol. The number of esters is 1. The van der Waals surface area contributed by atoms with Crippen LogP contribution in [0.2, 0.25) is 0 Å². The van der Waals surface area contributed by atoms with Gasteiger partial charge >= 0.3 is 5.97 Å². The van der Waals surface area contributed by atoms with E-state index in [1.54, 1.807) is 18.2 Å². The van der Waals surface area contributed by atoms with Crippen molar-refractivity contribution >= 4 is 17.6 Å². The molecular formula is C22H25NO5. The third-order valence-corrected chi connectivity index (χ3v) is 5.21. The molecule has 1 saturated heterocycles. The normalized spacial score (nSPS) is 15.5. The minimum atomic E-state index is -0.671. The predicted octanol–water partition coefficient (Wildman–Crippen LogP) is 3.48. The lowest BCUT2D eigenvalue weighted by molar-refractivity contribution is -0.125. The highest BCUT2D eigenvalue weighted by Gasteiger charge is 2.41. The molecule has 0 radical (unpaired) electrons. The van der Waals surface area contributed by atoms with Crippen molar-refractivity contribution < 1.29 is 23.8 Å². The zero-order chi connectivity index (χ0) is 20.1. The average Bonchev–Trinajstić information content (AvgIpc) is 2.73. The summed E-state index contributed by atoms with van der Waals surface area (Å²) in [6.45, 7) is 3.06. The van der Waals surface area contributed by atoms with Crippen molar-refractivity contribution in [2.45, 2.75) is 25.2 Å². The fourth-order valence-corrected chi connectivity index (χ4v) is 3.62. The Bertz CT molecular complexity index is 871. The second kappa shape index (κ2) is 8.44. The summed E-state index contributed by atoms with van der Waals surface area (Å²) in [5, 5.41) is 2.98. The van der Waals surface area contributed by atoms with Crippen molar-refractivity contribution in [3.8, 4) is 5.75 Å². The minimum Gasteiger partial charge on any atom is -0.496 e. The second-order valence-electron chi connectivity index (χ2n) is 6.92. The second-order valence-corrected chi connectivity index (χ2v) is 6.92. The van der Waals surface area contributed by atoms with Gasteiger partial charge in [-0.2, -0.15) is 0 Å². The van der Waals surface area contributed by atoms with E-state index in [2.05, 4.69) is 11.4 Å². The van der Waals surface area contributed by atoms with Gasteiger partial charge in [0.15, 0.2) is 0 Å². The van der Waals surface area contributed by atoms with Crippen molar-refractivity contribution in [2.24, 2.45) is 0 Å². The first kappa shape index (κ1) is 19.9. The topological polar surface area (TPSA) is 73.9 Å². The lowest BCUT2D eigenvalue weighted by Gasteiger charge is -2.36. The summed E-state index contributed by atoms with van der Waals surface area (Å²) in [6.07, 6.45) is 1.20. The van der Waals surface area contributed by atoms with Crippen LogP contribution in [0.15, 0.2) is 42.5 Å². The van der Waals surface area contributed by atoms with Crippen LogP contribution in [-0.2, 0) is 19.7 Å². The van der Waals surface area contributed by atoms with Gasteiger partial charge in [0, 0.05) is 18.9 Å². The van der Waals surface area contributed by atoms with E-state index >= 15 is 0 Å². The van der Waals surface area contributed by atoms with Crippen LogP contribution in [0.25, 0.3) is 0 Å². The number of amides is 1. The van der Waals surface area contributed by atoms with E-state index in [9.17, 15) is 9.59 Å². The third kappa shape index (κ3) is 3.87. The molecule has 1 fully saturated rings. The molecule has 1 aliphatic rings. The Morgan fingerprint density at radius 3 is 2.46 bits per heavy atom. The number of aryl methyl sites for hydroxylation is 1. The zero-order valence-electron chi connectivity index (χ0n) is 16.4. The van der Waals surface area contributed by atoms with Crippen molar-refractivity contribution in [2.75, 3.05) is 32.8 Å². The van der Waals surface area contributed by atoms with Crippen LogP contribution in [-0.4, -0.2) is 39.3 Å². The molecule has 0 aliphatic carbocycles. The number of nitrogens with one attached hydrogen (secondary N) is 1. The van der Waals surface area contributed by atoms with Crippen LogP contribution >= 0.6 is 0 Å². The van der Waals surface area contributed by atoms with Crippen molar-refractivity contribution in [3.05, 3.63) is 59.2 Å². The first-order valence-corrected chi connectivity index (χ1v) is 9.23. The van der Waals surface area contributed by atoms with Crippen LogP contribution in [0.5, 0.6) is 5.75 Å². The van der Waals surface area contributed by atoms with E-state index in [0.29, 0.717) is 37.5 Å². The summed E-state index contributed by atoms with van der Waals surface area (Å²) < 4.78 is 15.5. The Labute approximate surface area is 164 Å². The number of hydrogen-bond acceptors (Lipinski definition) is 5. The van der Waals surface area contributed by atoms with Crippen molar-refractivity contribution in [3.63, 3.8) is 0 Å². The molecule has 0 unspecified atom stereocenters. The first-order valence-electron chi connectivity index (χ1n) is 9.23. The fourth-order valence-electron chi connectivity index (χ4n) is 3.62. The quantitative estimate of drug-likeness (QED) is 0.800. The Morgan fingerprint density at radius 2 is 1.82 bits per heavy atom. The van der Waals surface area contributed by atoms with Gasteiger partial charge in [0.2, 0.25) is 5.91 Å². The van der Waals surface area contributed by atoms with E-state index in [4.69, 9.17) is 14.2 Å². The van der Waals surface area contributed by atoms with Crippen molar-refractivity contribution in [1.82, 2.24) is 0 Å². The third-order valence-electron chi connectivity index (χ3n) is 5.21. The zero-order valence-corrected chi connectivity index (χ0v) is 16.4. The van der Waals surface area contributed by atoms with E-state index in [-0.39, 0.29) is 11.5 Å². The van der Waals surface area contributed by atoms with Gasteiger partial charge in [0.25, 0.3) is 0 Å². The standard InChI is InChI=1S/C22H25NO5/c1-15-5-4-6-16(13-15)22(9-11-28-12-10-22)21(25)23-17-7-8-19(26-2)18(14-17)20(24)27-3/h4-8,13-14H,9-12H2,1-3H3,(H,23,25). The molecule has 0 aromatic heterocycles. The number of methoxy groups -OCH3 is 2. The first-order chi connectivity index (χ1) is 13.5. The van der Waals surface area contributed by atoms with Crippen LogP contribution in [0, 0.1) is 6.92 Å². The smallest absolute Gasteiger partial charge is 0.341 e. The molecule has 0 spiro atoms. The number of ether oxygens (including phenoxy) is 3. The summed E-state index contributed by atoms with van der Waals surface area (Å²) in [7, 11) is 2.79. The van der Waals surface area contributed by atoms with Gasteiger partial charge in [-0.1, -0.05) is 29.8 Å². The molecule has 0 bridgehead atoms. The highest BCUT2D eigenvalue weighted by atomic mass is 16.5. The predicted molar refractivity (Wildman–Crippen MR) is 106 cm³/mol. The molecule has 2 aromatic rings. The highest BCUT2D eigenvalue weighted by molar-refractivity contribution is 6.01. The van der Waals surface area contributed by atoms with E-state index in [1.807, 2.05) is 25.1 Å². The number of anilines is 1. The lowest BCUT2D eigenvalue weighted by Crippen LogP contribution is -2.44. The van der Waals surface area contributed by atoms with Gasteiger partial charge in [-0.25, -0.2) is 4.79 Å². The number of hydrogen-bond donors (Lipinski definition) is 1. The molecule has 0 saturated carbocycles. The van der Waals surface area contributed by atoms with E-state index in [1.165, 1.54) is 14.2 Å². The molecule has 2 aromatic carbocycles. The monoisotopic (exact) mass is 383 g/mol.